The zero-order valence-electron chi connectivity index (χ0n) is 8.43. The fraction of sp³-hybridized carbons (Fsp3) is 0. The first kappa shape index (κ1) is 13.1. The SMILES string of the molecule is Br.Clc1cccc(-c2nc3sccn3c2Br)c1. The lowest BCUT2D eigenvalue weighted by molar-refractivity contribution is 1.19. The van der Waals surface area contributed by atoms with Gasteiger partial charge in [-0.3, -0.25) is 4.40 Å². The number of rotatable bonds is 1. The molecule has 0 atom stereocenters. The molecule has 3 aromatic rings. The Bertz CT molecular complexity index is 662. The molecule has 6 heteroatoms. The van der Waals surface area contributed by atoms with E-state index < -0.39 is 0 Å². The second-order valence-electron chi connectivity index (χ2n) is 3.32. The number of benzene rings is 1. The fourth-order valence-electron chi connectivity index (χ4n) is 1.58. The molecule has 2 aromatic heterocycles. The van der Waals surface area contributed by atoms with Gasteiger partial charge >= 0.3 is 0 Å². The van der Waals surface area contributed by atoms with Gasteiger partial charge in [-0.15, -0.1) is 28.3 Å². The first-order valence-electron chi connectivity index (χ1n) is 4.63. The largest absolute Gasteiger partial charge is 0.284 e. The van der Waals surface area contributed by atoms with Gasteiger partial charge in [0.05, 0.1) is 0 Å². The summed E-state index contributed by atoms with van der Waals surface area (Å²) in [5, 5.41) is 2.73. The van der Waals surface area contributed by atoms with E-state index in [0.717, 1.165) is 25.8 Å². The van der Waals surface area contributed by atoms with Gasteiger partial charge in [0.25, 0.3) is 0 Å². The minimum Gasteiger partial charge on any atom is -0.284 e. The predicted molar refractivity (Wildman–Crippen MR) is 81.5 cm³/mol. The van der Waals surface area contributed by atoms with Gasteiger partial charge in [0, 0.05) is 22.2 Å². The van der Waals surface area contributed by atoms with E-state index in [1.807, 2.05) is 40.2 Å². The summed E-state index contributed by atoms with van der Waals surface area (Å²) in [7, 11) is 0. The average molecular weight is 395 g/mol. The Hall–Kier alpha value is -0.360. The maximum absolute atomic E-state index is 5.97. The molecule has 0 spiro atoms. The molecule has 0 N–H and O–H groups in total. The zero-order valence-corrected chi connectivity index (χ0v) is 13.3. The van der Waals surface area contributed by atoms with Gasteiger partial charge in [-0.25, -0.2) is 4.98 Å². The molecule has 0 aliphatic carbocycles. The van der Waals surface area contributed by atoms with Crippen molar-refractivity contribution in [2.24, 2.45) is 0 Å². The van der Waals surface area contributed by atoms with Gasteiger partial charge in [-0.1, -0.05) is 23.7 Å². The van der Waals surface area contributed by atoms with Gasteiger partial charge in [0.1, 0.15) is 10.3 Å². The van der Waals surface area contributed by atoms with E-state index in [2.05, 4.69) is 20.9 Å². The van der Waals surface area contributed by atoms with E-state index in [1.54, 1.807) is 11.3 Å². The summed E-state index contributed by atoms with van der Waals surface area (Å²) in [4.78, 5) is 5.53. The summed E-state index contributed by atoms with van der Waals surface area (Å²) < 4.78 is 2.98. The number of hydrogen-bond acceptors (Lipinski definition) is 2. The second kappa shape index (κ2) is 5.10. The maximum atomic E-state index is 5.97. The van der Waals surface area contributed by atoms with Crippen LogP contribution in [0.2, 0.25) is 5.02 Å². The van der Waals surface area contributed by atoms with Crippen molar-refractivity contribution in [3.8, 4) is 11.3 Å². The molecular weight excluding hydrogens is 387 g/mol. The normalized spacial score (nSPS) is 10.5. The second-order valence-corrected chi connectivity index (χ2v) is 5.38. The van der Waals surface area contributed by atoms with Crippen molar-refractivity contribution in [2.75, 3.05) is 0 Å². The standard InChI is InChI=1S/C11H6BrClN2S.BrH/c12-10-9(7-2-1-3-8(13)6-7)14-11-15(10)4-5-16-11;/h1-6H;1H. The van der Waals surface area contributed by atoms with E-state index >= 15 is 0 Å². The highest BCUT2D eigenvalue weighted by Crippen LogP contribution is 2.31. The molecule has 0 unspecified atom stereocenters. The van der Waals surface area contributed by atoms with E-state index in [0.29, 0.717) is 0 Å². The fourth-order valence-corrected chi connectivity index (χ4v) is 3.20. The number of nitrogens with zero attached hydrogens (tertiary/aromatic N) is 2. The minimum absolute atomic E-state index is 0. The van der Waals surface area contributed by atoms with Crippen LogP contribution in [0.1, 0.15) is 0 Å². The zero-order chi connectivity index (χ0) is 11.1. The van der Waals surface area contributed by atoms with Crippen LogP contribution in [0.15, 0.2) is 40.4 Å². The van der Waals surface area contributed by atoms with Crippen molar-refractivity contribution in [3.05, 3.63) is 45.5 Å². The molecule has 0 amide bonds. The third-order valence-electron chi connectivity index (χ3n) is 2.30. The molecular formula is C11H7Br2ClN2S. The molecule has 1 aromatic carbocycles. The Balaban J connectivity index is 0.00000108. The average Bonchev–Trinajstić information content (AvgIpc) is 2.82. The maximum Gasteiger partial charge on any atom is 0.195 e. The topological polar surface area (TPSA) is 17.3 Å². The predicted octanol–water partition coefficient (Wildman–Crippen LogP) is 5.06. The van der Waals surface area contributed by atoms with Gasteiger partial charge in [0.2, 0.25) is 0 Å². The summed E-state index contributed by atoms with van der Waals surface area (Å²) in [5.41, 5.74) is 1.95. The lowest BCUT2D eigenvalue weighted by atomic mass is 10.2. The van der Waals surface area contributed by atoms with Crippen LogP contribution in [0, 0.1) is 0 Å². The lowest BCUT2D eigenvalue weighted by Gasteiger charge is -1.98. The van der Waals surface area contributed by atoms with Crippen LogP contribution >= 0.6 is 55.8 Å². The van der Waals surface area contributed by atoms with Crippen LogP contribution in [0.25, 0.3) is 16.2 Å². The Kier molecular flexibility index (Phi) is 3.92. The number of hydrogen-bond donors (Lipinski definition) is 0. The first-order valence-corrected chi connectivity index (χ1v) is 6.68. The molecule has 0 fully saturated rings. The van der Waals surface area contributed by atoms with Crippen LogP contribution in [0.4, 0.5) is 0 Å². The van der Waals surface area contributed by atoms with Crippen molar-refractivity contribution in [1.29, 1.82) is 0 Å². The molecule has 0 saturated heterocycles. The third kappa shape index (κ3) is 2.29. The van der Waals surface area contributed by atoms with Gasteiger partial charge in [-0.2, -0.15) is 0 Å². The lowest BCUT2D eigenvalue weighted by Crippen LogP contribution is -1.79. The molecule has 17 heavy (non-hydrogen) atoms. The van der Waals surface area contributed by atoms with Crippen LogP contribution in [0.5, 0.6) is 0 Å². The Morgan fingerprint density at radius 3 is 2.88 bits per heavy atom. The van der Waals surface area contributed by atoms with E-state index in [9.17, 15) is 0 Å². The number of halogens is 3. The molecule has 0 bridgehead atoms. The number of imidazole rings is 1. The van der Waals surface area contributed by atoms with Crippen LogP contribution in [-0.2, 0) is 0 Å². The monoisotopic (exact) mass is 392 g/mol. The Morgan fingerprint density at radius 2 is 2.18 bits per heavy atom. The van der Waals surface area contributed by atoms with Crippen LogP contribution in [0.3, 0.4) is 0 Å². The van der Waals surface area contributed by atoms with Gasteiger partial charge < -0.3 is 0 Å². The molecule has 0 aliphatic rings. The van der Waals surface area contributed by atoms with E-state index in [1.165, 1.54) is 0 Å². The molecule has 0 radical (unpaired) electrons. The van der Waals surface area contributed by atoms with Crippen molar-refractivity contribution in [2.45, 2.75) is 0 Å². The number of thiazole rings is 1. The molecule has 3 rings (SSSR count). The summed E-state index contributed by atoms with van der Waals surface area (Å²) >= 11 is 11.1. The first-order chi connectivity index (χ1) is 7.75. The Labute approximate surface area is 126 Å². The molecule has 0 aliphatic heterocycles. The summed E-state index contributed by atoms with van der Waals surface area (Å²) in [6.07, 6.45) is 1.99. The Morgan fingerprint density at radius 1 is 1.35 bits per heavy atom. The van der Waals surface area contributed by atoms with Gasteiger partial charge in [0.15, 0.2) is 4.96 Å². The minimum atomic E-state index is 0. The van der Waals surface area contributed by atoms with Crippen LogP contribution in [-0.4, -0.2) is 9.38 Å². The summed E-state index contributed by atoms with van der Waals surface area (Å²) in [6.45, 7) is 0. The van der Waals surface area contributed by atoms with Gasteiger partial charge in [-0.05, 0) is 28.1 Å². The highest BCUT2D eigenvalue weighted by molar-refractivity contribution is 9.10. The molecule has 88 valence electrons. The molecule has 2 nitrogen and oxygen atoms in total. The summed E-state index contributed by atoms with van der Waals surface area (Å²) in [6, 6.07) is 7.71. The highest BCUT2D eigenvalue weighted by atomic mass is 79.9. The van der Waals surface area contributed by atoms with E-state index in [-0.39, 0.29) is 17.0 Å². The van der Waals surface area contributed by atoms with E-state index in [4.69, 9.17) is 11.6 Å². The molecule has 0 saturated carbocycles. The van der Waals surface area contributed by atoms with Crippen molar-refractivity contribution in [1.82, 2.24) is 9.38 Å². The van der Waals surface area contributed by atoms with Crippen molar-refractivity contribution in [3.63, 3.8) is 0 Å². The van der Waals surface area contributed by atoms with Crippen LogP contribution < -0.4 is 0 Å². The molecule has 2 heterocycles. The quantitative estimate of drug-likeness (QED) is 0.564. The number of aromatic nitrogens is 2. The number of fused-ring (bicyclic) bond motifs is 1. The highest BCUT2D eigenvalue weighted by Gasteiger charge is 2.12. The smallest absolute Gasteiger partial charge is 0.195 e. The third-order valence-corrected chi connectivity index (χ3v) is 4.05. The van der Waals surface area contributed by atoms with Crippen molar-refractivity contribution < 1.29 is 0 Å². The summed E-state index contributed by atoms with van der Waals surface area (Å²) in [5.74, 6) is 0. The van der Waals surface area contributed by atoms with Crippen molar-refractivity contribution >= 4 is 60.8 Å².